The van der Waals surface area contributed by atoms with Crippen molar-refractivity contribution in [3.8, 4) is 0 Å². The SMILES string of the molecule is Fc1ccc(Br)cc1NCc1ccnc2ccccc12. The summed E-state index contributed by atoms with van der Waals surface area (Å²) in [5.41, 5.74) is 2.52. The molecule has 4 heteroatoms. The number of hydrogen-bond acceptors (Lipinski definition) is 2. The zero-order chi connectivity index (χ0) is 13.9. The number of nitrogens with zero attached hydrogens (tertiary/aromatic N) is 1. The zero-order valence-electron chi connectivity index (χ0n) is 10.6. The summed E-state index contributed by atoms with van der Waals surface area (Å²) in [5.74, 6) is -0.258. The monoisotopic (exact) mass is 330 g/mol. The maximum atomic E-state index is 13.7. The van der Waals surface area contributed by atoms with E-state index in [1.54, 1.807) is 18.3 Å². The summed E-state index contributed by atoms with van der Waals surface area (Å²) >= 11 is 3.35. The van der Waals surface area contributed by atoms with Crippen LogP contribution in [-0.2, 0) is 6.54 Å². The first-order valence-corrected chi connectivity index (χ1v) is 7.05. The predicted molar refractivity (Wildman–Crippen MR) is 83.2 cm³/mol. The van der Waals surface area contributed by atoms with E-state index in [-0.39, 0.29) is 5.82 Å². The summed E-state index contributed by atoms with van der Waals surface area (Å²) in [5, 5.41) is 4.21. The number of rotatable bonds is 3. The van der Waals surface area contributed by atoms with E-state index in [1.807, 2.05) is 30.3 Å². The molecule has 0 bridgehead atoms. The van der Waals surface area contributed by atoms with Crippen LogP contribution >= 0.6 is 15.9 Å². The summed E-state index contributed by atoms with van der Waals surface area (Å²) in [6, 6.07) is 14.7. The lowest BCUT2D eigenvalue weighted by Gasteiger charge is -2.10. The molecule has 0 saturated heterocycles. The first-order chi connectivity index (χ1) is 9.74. The minimum atomic E-state index is -0.258. The second-order valence-corrected chi connectivity index (χ2v) is 5.38. The van der Waals surface area contributed by atoms with Gasteiger partial charge in [0.25, 0.3) is 0 Å². The highest BCUT2D eigenvalue weighted by Gasteiger charge is 2.05. The number of fused-ring (bicyclic) bond motifs is 1. The van der Waals surface area contributed by atoms with Crippen LogP contribution in [0.2, 0.25) is 0 Å². The van der Waals surface area contributed by atoms with E-state index in [1.165, 1.54) is 6.07 Å². The second-order valence-electron chi connectivity index (χ2n) is 4.46. The van der Waals surface area contributed by atoms with Crippen LogP contribution in [-0.4, -0.2) is 4.98 Å². The molecule has 0 aliphatic rings. The normalized spacial score (nSPS) is 10.7. The van der Waals surface area contributed by atoms with Crippen LogP contribution in [0.3, 0.4) is 0 Å². The van der Waals surface area contributed by atoms with Crippen molar-refractivity contribution >= 4 is 32.5 Å². The van der Waals surface area contributed by atoms with Crippen molar-refractivity contribution in [2.75, 3.05) is 5.32 Å². The van der Waals surface area contributed by atoms with Gasteiger partial charge in [-0.2, -0.15) is 0 Å². The van der Waals surface area contributed by atoms with Crippen LogP contribution in [0.15, 0.2) is 59.2 Å². The largest absolute Gasteiger partial charge is 0.379 e. The van der Waals surface area contributed by atoms with Crippen molar-refractivity contribution in [3.63, 3.8) is 0 Å². The summed E-state index contributed by atoms with van der Waals surface area (Å²) < 4.78 is 14.5. The Morgan fingerprint density at radius 1 is 1.10 bits per heavy atom. The first-order valence-electron chi connectivity index (χ1n) is 6.25. The van der Waals surface area contributed by atoms with Crippen LogP contribution in [0, 0.1) is 5.82 Å². The fraction of sp³-hybridized carbons (Fsp3) is 0.0625. The fourth-order valence-corrected chi connectivity index (χ4v) is 2.49. The van der Waals surface area contributed by atoms with Gasteiger partial charge in [0.1, 0.15) is 5.82 Å². The Kier molecular flexibility index (Phi) is 3.65. The van der Waals surface area contributed by atoms with Gasteiger partial charge in [-0.15, -0.1) is 0 Å². The van der Waals surface area contributed by atoms with Crippen LogP contribution in [0.1, 0.15) is 5.56 Å². The highest BCUT2D eigenvalue weighted by atomic mass is 79.9. The Bertz CT molecular complexity index is 753. The maximum absolute atomic E-state index is 13.7. The maximum Gasteiger partial charge on any atom is 0.146 e. The second kappa shape index (κ2) is 5.59. The van der Waals surface area contributed by atoms with Crippen molar-refractivity contribution in [3.05, 3.63) is 70.6 Å². The number of benzene rings is 2. The molecule has 0 radical (unpaired) electrons. The topological polar surface area (TPSA) is 24.9 Å². The summed E-state index contributed by atoms with van der Waals surface area (Å²) in [6.07, 6.45) is 1.77. The summed E-state index contributed by atoms with van der Waals surface area (Å²) in [4.78, 5) is 4.32. The molecule has 20 heavy (non-hydrogen) atoms. The molecule has 0 saturated carbocycles. The van der Waals surface area contributed by atoms with Gasteiger partial charge in [0.15, 0.2) is 0 Å². The molecule has 0 amide bonds. The molecule has 1 aromatic heterocycles. The number of halogens is 2. The number of hydrogen-bond donors (Lipinski definition) is 1. The molecule has 100 valence electrons. The van der Waals surface area contributed by atoms with Gasteiger partial charge >= 0.3 is 0 Å². The highest BCUT2D eigenvalue weighted by molar-refractivity contribution is 9.10. The lowest BCUT2D eigenvalue weighted by Crippen LogP contribution is -2.02. The van der Waals surface area contributed by atoms with E-state index in [4.69, 9.17) is 0 Å². The molecule has 0 unspecified atom stereocenters. The van der Waals surface area contributed by atoms with E-state index >= 15 is 0 Å². The standard InChI is InChI=1S/C16H12BrFN2/c17-12-5-6-14(18)16(9-12)20-10-11-7-8-19-15-4-2-1-3-13(11)15/h1-9,20H,10H2. The van der Waals surface area contributed by atoms with Crippen LogP contribution in [0.5, 0.6) is 0 Å². The van der Waals surface area contributed by atoms with Gasteiger partial charge in [0.05, 0.1) is 11.2 Å². The molecular formula is C16H12BrFN2. The Morgan fingerprint density at radius 2 is 1.95 bits per heavy atom. The lowest BCUT2D eigenvalue weighted by molar-refractivity contribution is 0.630. The number of para-hydroxylation sites is 1. The summed E-state index contributed by atoms with van der Waals surface area (Å²) in [6.45, 7) is 0.552. The number of aromatic nitrogens is 1. The predicted octanol–water partition coefficient (Wildman–Crippen LogP) is 4.75. The van der Waals surface area contributed by atoms with E-state index in [0.29, 0.717) is 12.2 Å². The average molecular weight is 331 g/mol. The third-order valence-corrected chi connectivity index (χ3v) is 3.63. The molecule has 0 fully saturated rings. The van der Waals surface area contributed by atoms with E-state index in [9.17, 15) is 4.39 Å². The van der Waals surface area contributed by atoms with E-state index in [0.717, 1.165) is 20.9 Å². The van der Waals surface area contributed by atoms with Crippen molar-refractivity contribution in [1.29, 1.82) is 0 Å². The van der Waals surface area contributed by atoms with Crippen LogP contribution < -0.4 is 5.32 Å². The third kappa shape index (κ3) is 2.65. The Balaban J connectivity index is 1.89. The molecule has 0 aliphatic carbocycles. The molecule has 0 atom stereocenters. The Labute approximate surface area is 124 Å². The molecule has 0 aliphatic heterocycles. The number of anilines is 1. The van der Waals surface area contributed by atoms with E-state index < -0.39 is 0 Å². The minimum absolute atomic E-state index is 0.258. The Hall–Kier alpha value is -1.94. The fourth-order valence-electron chi connectivity index (χ4n) is 2.13. The van der Waals surface area contributed by atoms with Crippen LogP contribution in [0.4, 0.5) is 10.1 Å². The minimum Gasteiger partial charge on any atom is -0.379 e. The van der Waals surface area contributed by atoms with Crippen molar-refractivity contribution in [2.45, 2.75) is 6.54 Å². The van der Waals surface area contributed by atoms with Gasteiger partial charge in [0, 0.05) is 22.6 Å². The lowest BCUT2D eigenvalue weighted by atomic mass is 10.1. The van der Waals surface area contributed by atoms with Gasteiger partial charge in [0.2, 0.25) is 0 Å². The molecular weight excluding hydrogens is 319 g/mol. The number of pyridine rings is 1. The molecule has 2 aromatic carbocycles. The zero-order valence-corrected chi connectivity index (χ0v) is 12.2. The smallest absolute Gasteiger partial charge is 0.146 e. The van der Waals surface area contributed by atoms with Gasteiger partial charge in [-0.25, -0.2) is 4.39 Å². The number of nitrogens with one attached hydrogen (secondary N) is 1. The van der Waals surface area contributed by atoms with Gasteiger partial charge in [-0.3, -0.25) is 4.98 Å². The quantitative estimate of drug-likeness (QED) is 0.749. The van der Waals surface area contributed by atoms with Crippen molar-refractivity contribution in [1.82, 2.24) is 4.98 Å². The molecule has 1 heterocycles. The van der Waals surface area contributed by atoms with E-state index in [2.05, 4.69) is 26.2 Å². The molecule has 0 spiro atoms. The van der Waals surface area contributed by atoms with Gasteiger partial charge < -0.3 is 5.32 Å². The summed E-state index contributed by atoms with van der Waals surface area (Å²) in [7, 11) is 0. The van der Waals surface area contributed by atoms with Crippen molar-refractivity contribution < 1.29 is 4.39 Å². The molecule has 1 N–H and O–H groups in total. The first kappa shape index (κ1) is 13.1. The van der Waals surface area contributed by atoms with Crippen molar-refractivity contribution in [2.24, 2.45) is 0 Å². The molecule has 3 aromatic rings. The molecule has 2 nitrogen and oxygen atoms in total. The Morgan fingerprint density at radius 3 is 2.85 bits per heavy atom. The van der Waals surface area contributed by atoms with Crippen LogP contribution in [0.25, 0.3) is 10.9 Å². The highest BCUT2D eigenvalue weighted by Crippen LogP contribution is 2.22. The van der Waals surface area contributed by atoms with Gasteiger partial charge in [-0.1, -0.05) is 34.1 Å². The molecule has 3 rings (SSSR count). The van der Waals surface area contributed by atoms with Gasteiger partial charge in [-0.05, 0) is 35.9 Å². The third-order valence-electron chi connectivity index (χ3n) is 3.14. The average Bonchev–Trinajstić information content (AvgIpc) is 2.48.